The molecule has 2 unspecified atom stereocenters. The van der Waals surface area contributed by atoms with E-state index in [1.54, 1.807) is 24.4 Å². The number of aliphatic carboxylic acids is 1. The third-order valence-electron chi connectivity index (χ3n) is 2.73. The first-order valence-corrected chi connectivity index (χ1v) is 5.51. The Labute approximate surface area is 103 Å². The van der Waals surface area contributed by atoms with Gasteiger partial charge in [-0.05, 0) is 6.07 Å². The molecule has 1 aromatic carbocycles. The van der Waals surface area contributed by atoms with Crippen molar-refractivity contribution in [1.29, 1.82) is 0 Å². The quantitative estimate of drug-likeness (QED) is 0.752. The molecule has 2 rings (SSSR count). The summed E-state index contributed by atoms with van der Waals surface area (Å²) in [5.74, 6) is -1.16. The van der Waals surface area contributed by atoms with Gasteiger partial charge in [0.2, 0.25) is 0 Å². The molecular weight excluding hydrogens is 234 g/mol. The molecular formula is C13H13NO4. The molecule has 0 saturated carbocycles. The van der Waals surface area contributed by atoms with Crippen LogP contribution in [-0.4, -0.2) is 32.4 Å². The molecule has 5 nitrogen and oxygen atoms in total. The molecule has 0 radical (unpaired) electrons. The SMILES string of the molecule is O=C(O)CC(O)C(O)c1cccc2cccnc12. The van der Waals surface area contributed by atoms with Crippen molar-refractivity contribution in [1.82, 2.24) is 4.98 Å². The number of carboxylic acids is 1. The lowest BCUT2D eigenvalue weighted by molar-refractivity contribution is -0.141. The van der Waals surface area contributed by atoms with Crippen molar-refractivity contribution in [3.05, 3.63) is 42.1 Å². The van der Waals surface area contributed by atoms with Gasteiger partial charge in [0.25, 0.3) is 0 Å². The number of pyridine rings is 1. The third kappa shape index (κ3) is 2.47. The highest BCUT2D eigenvalue weighted by Gasteiger charge is 2.23. The monoisotopic (exact) mass is 247 g/mol. The summed E-state index contributed by atoms with van der Waals surface area (Å²) in [5.41, 5.74) is 0.999. The molecule has 1 aromatic heterocycles. The van der Waals surface area contributed by atoms with Crippen molar-refractivity contribution in [2.45, 2.75) is 18.6 Å². The van der Waals surface area contributed by atoms with Gasteiger partial charge in [0.15, 0.2) is 0 Å². The van der Waals surface area contributed by atoms with Crippen molar-refractivity contribution < 1.29 is 20.1 Å². The van der Waals surface area contributed by atoms with E-state index in [1.807, 2.05) is 12.1 Å². The fourth-order valence-electron chi connectivity index (χ4n) is 1.86. The molecule has 2 atom stereocenters. The molecule has 94 valence electrons. The average Bonchev–Trinajstić information content (AvgIpc) is 2.36. The van der Waals surface area contributed by atoms with E-state index in [9.17, 15) is 15.0 Å². The Hall–Kier alpha value is -1.98. The van der Waals surface area contributed by atoms with Crippen LogP contribution in [0.1, 0.15) is 18.1 Å². The van der Waals surface area contributed by atoms with E-state index in [-0.39, 0.29) is 0 Å². The first kappa shape index (κ1) is 12.5. The summed E-state index contributed by atoms with van der Waals surface area (Å²) in [7, 11) is 0. The number of benzene rings is 1. The lowest BCUT2D eigenvalue weighted by atomic mass is 9.99. The summed E-state index contributed by atoms with van der Waals surface area (Å²) < 4.78 is 0. The van der Waals surface area contributed by atoms with Gasteiger partial charge >= 0.3 is 5.97 Å². The Kier molecular flexibility index (Phi) is 3.55. The van der Waals surface area contributed by atoms with Crippen molar-refractivity contribution >= 4 is 16.9 Å². The predicted molar refractivity (Wildman–Crippen MR) is 65.0 cm³/mol. The lowest BCUT2D eigenvalue weighted by Gasteiger charge is -2.17. The van der Waals surface area contributed by atoms with E-state index in [0.29, 0.717) is 11.1 Å². The highest BCUT2D eigenvalue weighted by atomic mass is 16.4. The van der Waals surface area contributed by atoms with Crippen LogP contribution >= 0.6 is 0 Å². The standard InChI is InChI=1S/C13H13NO4/c15-10(7-11(16)17)13(18)9-5-1-3-8-4-2-6-14-12(8)9/h1-6,10,13,15,18H,7H2,(H,16,17). The van der Waals surface area contributed by atoms with Gasteiger partial charge in [-0.2, -0.15) is 0 Å². The van der Waals surface area contributed by atoms with Crippen molar-refractivity contribution in [3.8, 4) is 0 Å². The number of para-hydroxylation sites is 1. The second kappa shape index (κ2) is 5.12. The minimum Gasteiger partial charge on any atom is -0.481 e. The minimum absolute atomic E-state index is 0.432. The van der Waals surface area contributed by atoms with Crippen LogP contribution in [0.25, 0.3) is 10.9 Å². The first-order valence-electron chi connectivity index (χ1n) is 5.51. The Morgan fingerprint density at radius 3 is 2.67 bits per heavy atom. The molecule has 0 bridgehead atoms. The number of carbonyl (C=O) groups is 1. The van der Waals surface area contributed by atoms with Crippen LogP contribution in [0.3, 0.4) is 0 Å². The van der Waals surface area contributed by atoms with E-state index in [0.717, 1.165) is 5.39 Å². The number of aromatic nitrogens is 1. The molecule has 0 spiro atoms. The average molecular weight is 247 g/mol. The van der Waals surface area contributed by atoms with E-state index >= 15 is 0 Å². The number of fused-ring (bicyclic) bond motifs is 1. The summed E-state index contributed by atoms with van der Waals surface area (Å²) in [4.78, 5) is 14.7. The first-order chi connectivity index (χ1) is 8.59. The molecule has 18 heavy (non-hydrogen) atoms. The van der Waals surface area contributed by atoms with Crippen molar-refractivity contribution in [3.63, 3.8) is 0 Å². The number of rotatable bonds is 4. The zero-order valence-corrected chi connectivity index (χ0v) is 9.52. The Bertz CT molecular complexity index is 564. The topological polar surface area (TPSA) is 90.7 Å². The number of aliphatic hydroxyl groups is 2. The Balaban J connectivity index is 2.38. The minimum atomic E-state index is -1.35. The van der Waals surface area contributed by atoms with Gasteiger partial charge in [-0.25, -0.2) is 0 Å². The van der Waals surface area contributed by atoms with Gasteiger partial charge in [-0.3, -0.25) is 9.78 Å². The normalized spacial score (nSPS) is 14.3. The summed E-state index contributed by atoms with van der Waals surface area (Å²) >= 11 is 0. The van der Waals surface area contributed by atoms with Gasteiger partial charge in [0.05, 0.1) is 18.0 Å². The van der Waals surface area contributed by atoms with Gasteiger partial charge in [-0.15, -0.1) is 0 Å². The zero-order chi connectivity index (χ0) is 13.1. The van der Waals surface area contributed by atoms with Gasteiger partial charge in [0, 0.05) is 17.1 Å². The second-order valence-corrected chi connectivity index (χ2v) is 4.03. The Morgan fingerprint density at radius 2 is 1.94 bits per heavy atom. The molecule has 5 heteroatoms. The van der Waals surface area contributed by atoms with E-state index in [1.165, 1.54) is 0 Å². The summed E-state index contributed by atoms with van der Waals surface area (Å²) in [6.07, 6.45) is -1.54. The highest BCUT2D eigenvalue weighted by molar-refractivity contribution is 5.82. The van der Waals surface area contributed by atoms with Crippen LogP contribution in [0.2, 0.25) is 0 Å². The van der Waals surface area contributed by atoms with Crippen LogP contribution in [0.15, 0.2) is 36.5 Å². The van der Waals surface area contributed by atoms with E-state index < -0.39 is 24.6 Å². The number of hydrogen-bond donors (Lipinski definition) is 3. The molecule has 3 N–H and O–H groups in total. The maximum atomic E-state index is 10.5. The van der Waals surface area contributed by atoms with Gasteiger partial charge in [-0.1, -0.05) is 24.3 Å². The number of nitrogens with zero attached hydrogens (tertiary/aromatic N) is 1. The molecule has 2 aromatic rings. The van der Waals surface area contributed by atoms with Crippen molar-refractivity contribution in [2.75, 3.05) is 0 Å². The van der Waals surface area contributed by atoms with Crippen LogP contribution in [0.4, 0.5) is 0 Å². The fourth-order valence-corrected chi connectivity index (χ4v) is 1.86. The lowest BCUT2D eigenvalue weighted by Crippen LogP contribution is -2.22. The summed E-state index contributed by atoms with van der Waals surface area (Å²) in [6, 6.07) is 8.80. The predicted octanol–water partition coefficient (Wildman–Crippen LogP) is 1.10. The molecule has 0 aliphatic rings. The number of aliphatic hydroxyl groups excluding tert-OH is 2. The summed E-state index contributed by atoms with van der Waals surface area (Å²) in [6.45, 7) is 0. The molecule has 0 aliphatic carbocycles. The van der Waals surface area contributed by atoms with Crippen LogP contribution < -0.4 is 0 Å². The van der Waals surface area contributed by atoms with E-state index in [2.05, 4.69) is 4.98 Å². The highest BCUT2D eigenvalue weighted by Crippen LogP contribution is 2.25. The maximum Gasteiger partial charge on any atom is 0.306 e. The Morgan fingerprint density at radius 1 is 1.22 bits per heavy atom. The summed E-state index contributed by atoms with van der Waals surface area (Å²) in [5, 5.41) is 29.1. The second-order valence-electron chi connectivity index (χ2n) is 4.03. The maximum absolute atomic E-state index is 10.5. The molecule has 0 amide bonds. The smallest absolute Gasteiger partial charge is 0.306 e. The van der Waals surface area contributed by atoms with Crippen LogP contribution in [0.5, 0.6) is 0 Å². The third-order valence-corrected chi connectivity index (χ3v) is 2.73. The molecule has 0 aliphatic heterocycles. The molecule has 1 heterocycles. The van der Waals surface area contributed by atoms with E-state index in [4.69, 9.17) is 5.11 Å². The molecule has 0 fully saturated rings. The fraction of sp³-hybridized carbons (Fsp3) is 0.231. The zero-order valence-electron chi connectivity index (χ0n) is 9.52. The van der Waals surface area contributed by atoms with Gasteiger partial charge < -0.3 is 15.3 Å². The largest absolute Gasteiger partial charge is 0.481 e. The number of carboxylic acid groups (broad SMARTS) is 1. The van der Waals surface area contributed by atoms with Crippen LogP contribution in [0, 0.1) is 0 Å². The van der Waals surface area contributed by atoms with Crippen LogP contribution in [-0.2, 0) is 4.79 Å². The number of hydrogen-bond acceptors (Lipinski definition) is 4. The van der Waals surface area contributed by atoms with Crippen molar-refractivity contribution in [2.24, 2.45) is 0 Å². The molecule has 0 saturated heterocycles. The van der Waals surface area contributed by atoms with Gasteiger partial charge in [0.1, 0.15) is 6.10 Å².